The predicted molar refractivity (Wildman–Crippen MR) is 81.5 cm³/mol. The lowest BCUT2D eigenvalue weighted by atomic mass is 9.84. The second kappa shape index (κ2) is 6.23. The van der Waals surface area contributed by atoms with E-state index >= 15 is 0 Å². The third kappa shape index (κ3) is 3.10. The van der Waals surface area contributed by atoms with Crippen LogP contribution in [-0.4, -0.2) is 5.97 Å². The first-order valence-corrected chi connectivity index (χ1v) is 8.06. The van der Waals surface area contributed by atoms with Crippen molar-refractivity contribution in [3.63, 3.8) is 0 Å². The molecule has 0 spiro atoms. The van der Waals surface area contributed by atoms with Gasteiger partial charge < -0.3 is 4.74 Å². The van der Waals surface area contributed by atoms with Gasteiger partial charge >= 0.3 is 5.97 Å². The maximum absolute atomic E-state index is 11.8. The van der Waals surface area contributed by atoms with Crippen LogP contribution >= 0.6 is 11.3 Å². The largest absolute Gasteiger partial charge is 0.422 e. The predicted octanol–water partition coefficient (Wildman–Crippen LogP) is 5.02. The van der Waals surface area contributed by atoms with Crippen LogP contribution in [0.3, 0.4) is 0 Å². The number of carbonyl (C=O) groups excluding carboxylic acids is 1. The summed E-state index contributed by atoms with van der Waals surface area (Å²) < 4.78 is 5.37. The molecule has 2 nitrogen and oxygen atoms in total. The van der Waals surface area contributed by atoms with Crippen molar-refractivity contribution >= 4 is 17.3 Å². The molecular weight excluding hydrogens is 268 g/mol. The van der Waals surface area contributed by atoms with E-state index in [-0.39, 0.29) is 5.97 Å². The fourth-order valence-electron chi connectivity index (χ4n) is 2.80. The van der Waals surface area contributed by atoms with Gasteiger partial charge in [-0.3, -0.25) is 0 Å². The van der Waals surface area contributed by atoms with Crippen molar-refractivity contribution in [2.45, 2.75) is 38.0 Å². The van der Waals surface area contributed by atoms with Crippen LogP contribution in [0.5, 0.6) is 5.75 Å². The van der Waals surface area contributed by atoms with Crippen LogP contribution in [0.25, 0.3) is 0 Å². The molecule has 0 unspecified atom stereocenters. The molecule has 0 N–H and O–H groups in total. The van der Waals surface area contributed by atoms with Crippen LogP contribution in [0.1, 0.15) is 53.3 Å². The SMILES string of the molecule is O=C(Oc1ccc(C2CCCCC2)cc1)c1cccs1. The number of thiophene rings is 1. The Bertz CT molecular complexity index is 551. The lowest BCUT2D eigenvalue weighted by Crippen LogP contribution is -2.07. The van der Waals surface area contributed by atoms with E-state index in [9.17, 15) is 4.79 Å². The first-order chi connectivity index (χ1) is 9.83. The van der Waals surface area contributed by atoms with Gasteiger partial charge in [0.25, 0.3) is 0 Å². The zero-order chi connectivity index (χ0) is 13.8. The van der Waals surface area contributed by atoms with Crippen LogP contribution in [0.2, 0.25) is 0 Å². The third-order valence-corrected chi connectivity index (χ3v) is 4.74. The van der Waals surface area contributed by atoms with E-state index in [1.807, 2.05) is 23.6 Å². The van der Waals surface area contributed by atoms with Crippen molar-refractivity contribution in [3.8, 4) is 5.75 Å². The number of esters is 1. The van der Waals surface area contributed by atoms with Gasteiger partial charge in [-0.1, -0.05) is 37.5 Å². The van der Waals surface area contributed by atoms with E-state index in [0.717, 1.165) is 0 Å². The molecule has 1 aliphatic carbocycles. The fourth-order valence-corrected chi connectivity index (χ4v) is 3.39. The van der Waals surface area contributed by atoms with Gasteiger partial charge in [-0.15, -0.1) is 11.3 Å². The molecule has 1 fully saturated rings. The van der Waals surface area contributed by atoms with E-state index in [4.69, 9.17) is 4.74 Å². The number of carbonyl (C=O) groups is 1. The average Bonchev–Trinajstić information content (AvgIpc) is 3.03. The van der Waals surface area contributed by atoms with E-state index in [1.165, 1.54) is 49.0 Å². The van der Waals surface area contributed by atoms with Crippen LogP contribution < -0.4 is 4.74 Å². The smallest absolute Gasteiger partial charge is 0.353 e. The standard InChI is InChI=1S/C17H18O2S/c18-17(16-7-4-12-20-16)19-15-10-8-14(9-11-15)13-5-2-1-3-6-13/h4,7-13H,1-3,5-6H2. The van der Waals surface area contributed by atoms with Gasteiger partial charge in [0.15, 0.2) is 0 Å². The fraction of sp³-hybridized carbons (Fsp3) is 0.353. The van der Waals surface area contributed by atoms with E-state index in [2.05, 4.69) is 12.1 Å². The summed E-state index contributed by atoms with van der Waals surface area (Å²) >= 11 is 1.40. The summed E-state index contributed by atoms with van der Waals surface area (Å²) in [5, 5.41) is 1.88. The number of ether oxygens (including phenoxy) is 1. The monoisotopic (exact) mass is 286 g/mol. The minimum absolute atomic E-state index is 0.273. The van der Waals surface area contributed by atoms with Gasteiger partial charge in [-0.25, -0.2) is 4.79 Å². The molecule has 3 rings (SSSR count). The lowest BCUT2D eigenvalue weighted by molar-refractivity contribution is 0.0740. The summed E-state index contributed by atoms with van der Waals surface area (Å²) in [6.07, 6.45) is 6.61. The summed E-state index contributed by atoms with van der Waals surface area (Å²) in [7, 11) is 0. The van der Waals surface area contributed by atoms with Crippen molar-refractivity contribution in [1.82, 2.24) is 0 Å². The van der Waals surface area contributed by atoms with E-state index in [1.54, 1.807) is 6.07 Å². The van der Waals surface area contributed by atoms with Crippen LogP contribution in [0.4, 0.5) is 0 Å². The molecule has 1 saturated carbocycles. The summed E-state index contributed by atoms with van der Waals surface area (Å²) in [4.78, 5) is 12.5. The summed E-state index contributed by atoms with van der Waals surface area (Å²) in [5.41, 5.74) is 1.38. The Labute approximate surface area is 123 Å². The highest BCUT2D eigenvalue weighted by molar-refractivity contribution is 7.12. The van der Waals surface area contributed by atoms with Crippen molar-refractivity contribution in [3.05, 3.63) is 52.2 Å². The first kappa shape index (κ1) is 13.4. The van der Waals surface area contributed by atoms with Gasteiger partial charge in [-0.2, -0.15) is 0 Å². The maximum atomic E-state index is 11.8. The first-order valence-electron chi connectivity index (χ1n) is 7.18. The van der Waals surface area contributed by atoms with Crippen molar-refractivity contribution in [2.24, 2.45) is 0 Å². The summed E-state index contributed by atoms with van der Waals surface area (Å²) in [6.45, 7) is 0. The Morgan fingerprint density at radius 1 is 1.05 bits per heavy atom. The second-order valence-electron chi connectivity index (χ2n) is 5.27. The molecule has 1 heterocycles. The molecule has 2 aromatic rings. The molecule has 0 amide bonds. The zero-order valence-corrected chi connectivity index (χ0v) is 12.2. The maximum Gasteiger partial charge on any atom is 0.353 e. The molecular formula is C17H18O2S. The number of rotatable bonds is 3. The van der Waals surface area contributed by atoms with Gasteiger partial charge in [0.1, 0.15) is 10.6 Å². The number of hydrogen-bond acceptors (Lipinski definition) is 3. The highest BCUT2D eigenvalue weighted by Crippen LogP contribution is 2.33. The topological polar surface area (TPSA) is 26.3 Å². The molecule has 0 radical (unpaired) electrons. The minimum Gasteiger partial charge on any atom is -0.422 e. The Hall–Kier alpha value is -1.61. The molecule has 1 aromatic heterocycles. The third-order valence-electron chi connectivity index (χ3n) is 3.89. The summed E-state index contributed by atoms with van der Waals surface area (Å²) in [6, 6.07) is 11.7. The molecule has 0 saturated heterocycles. The Morgan fingerprint density at radius 3 is 2.45 bits per heavy atom. The van der Waals surface area contributed by atoms with Gasteiger partial charge in [-0.05, 0) is 47.9 Å². The number of hydrogen-bond donors (Lipinski definition) is 0. The quantitative estimate of drug-likeness (QED) is 0.585. The molecule has 1 aromatic carbocycles. The lowest BCUT2D eigenvalue weighted by Gasteiger charge is -2.21. The highest BCUT2D eigenvalue weighted by atomic mass is 32.1. The van der Waals surface area contributed by atoms with Crippen molar-refractivity contribution in [1.29, 1.82) is 0 Å². The van der Waals surface area contributed by atoms with Crippen LogP contribution in [0, 0.1) is 0 Å². The molecule has 0 aliphatic heterocycles. The Kier molecular flexibility index (Phi) is 4.16. The molecule has 20 heavy (non-hydrogen) atoms. The Balaban J connectivity index is 1.65. The number of benzene rings is 1. The Morgan fingerprint density at radius 2 is 1.80 bits per heavy atom. The second-order valence-corrected chi connectivity index (χ2v) is 6.22. The van der Waals surface area contributed by atoms with Gasteiger partial charge in [0.2, 0.25) is 0 Å². The van der Waals surface area contributed by atoms with Gasteiger partial charge in [0.05, 0.1) is 0 Å². The molecule has 3 heteroatoms. The summed E-state index contributed by atoms with van der Waals surface area (Å²) in [5.74, 6) is 1.04. The molecule has 0 bridgehead atoms. The van der Waals surface area contributed by atoms with E-state index in [0.29, 0.717) is 16.5 Å². The van der Waals surface area contributed by atoms with Gasteiger partial charge in [0, 0.05) is 0 Å². The molecule has 104 valence electrons. The highest BCUT2D eigenvalue weighted by Gasteiger charge is 2.15. The van der Waals surface area contributed by atoms with Crippen LogP contribution in [0.15, 0.2) is 41.8 Å². The minimum atomic E-state index is -0.273. The van der Waals surface area contributed by atoms with Crippen LogP contribution in [-0.2, 0) is 0 Å². The van der Waals surface area contributed by atoms with Crippen molar-refractivity contribution in [2.75, 3.05) is 0 Å². The zero-order valence-electron chi connectivity index (χ0n) is 11.4. The van der Waals surface area contributed by atoms with E-state index < -0.39 is 0 Å². The normalized spacial score (nSPS) is 16.0. The molecule has 0 atom stereocenters. The van der Waals surface area contributed by atoms with Crippen molar-refractivity contribution < 1.29 is 9.53 Å². The average molecular weight is 286 g/mol. The molecule has 1 aliphatic rings.